The molecule has 0 aliphatic rings. The van der Waals surface area contributed by atoms with E-state index in [1.807, 2.05) is 0 Å². The summed E-state index contributed by atoms with van der Waals surface area (Å²) in [4.78, 5) is -1.22. The zero-order chi connectivity index (χ0) is 16.6. The number of benzene rings is 1. The van der Waals surface area contributed by atoms with E-state index in [0.717, 1.165) is 19.1 Å². The third kappa shape index (κ3) is 4.46. The fourth-order valence-corrected chi connectivity index (χ4v) is 4.25. The van der Waals surface area contributed by atoms with Gasteiger partial charge in [0.25, 0.3) is 10.1 Å². The van der Waals surface area contributed by atoms with Crippen molar-refractivity contribution in [2.75, 3.05) is 0 Å². The molecule has 12 heteroatoms. The molecule has 0 heterocycles. The fourth-order valence-electron chi connectivity index (χ4n) is 1.45. The summed E-state index contributed by atoms with van der Waals surface area (Å²) >= 11 is 0. The summed E-state index contributed by atoms with van der Waals surface area (Å²) in [6, 6.07) is 2.81. The smallest absolute Gasteiger partial charge is 0.282 e. The Morgan fingerprint density at radius 2 is 1.57 bits per heavy atom. The lowest BCUT2D eigenvalue weighted by Crippen LogP contribution is -2.24. The van der Waals surface area contributed by atoms with E-state index in [-0.39, 0.29) is 5.56 Å². The van der Waals surface area contributed by atoms with Crippen LogP contribution in [0.2, 0.25) is 0 Å². The molecular formula is C9H12O9S3. The minimum atomic E-state index is -5.01. The molecule has 0 aromatic heterocycles. The zero-order valence-corrected chi connectivity index (χ0v) is 13.2. The van der Waals surface area contributed by atoms with Crippen molar-refractivity contribution in [1.29, 1.82) is 0 Å². The van der Waals surface area contributed by atoms with Crippen LogP contribution in [-0.2, 0) is 34.5 Å². The summed E-state index contributed by atoms with van der Waals surface area (Å²) in [5.41, 5.74) is -1.88. The minimum Gasteiger partial charge on any atom is -0.282 e. The van der Waals surface area contributed by atoms with Gasteiger partial charge in [0.15, 0.2) is 5.44 Å². The molecule has 0 amide bonds. The number of hydrogen-bond donors (Lipinski definition) is 2. The molecule has 2 N–H and O–H groups in total. The van der Waals surface area contributed by atoms with E-state index in [2.05, 4.69) is 4.18 Å². The van der Waals surface area contributed by atoms with Gasteiger partial charge in [0.1, 0.15) is 0 Å². The maximum atomic E-state index is 12.0. The molecule has 0 bridgehead atoms. The SMILES string of the molecule is Cc1ccc(S(=O)(=O)C(C)OS(=O)(=O)O)cc1S(=O)(=O)O. The first kappa shape index (κ1) is 18.0. The van der Waals surface area contributed by atoms with Crippen molar-refractivity contribution in [3.63, 3.8) is 0 Å². The summed E-state index contributed by atoms with van der Waals surface area (Å²) in [7, 11) is -14.1. The van der Waals surface area contributed by atoms with Crippen LogP contribution in [0.15, 0.2) is 28.0 Å². The average molecular weight is 360 g/mol. The van der Waals surface area contributed by atoms with Crippen LogP contribution in [-0.4, -0.2) is 39.8 Å². The van der Waals surface area contributed by atoms with Crippen LogP contribution in [0.3, 0.4) is 0 Å². The van der Waals surface area contributed by atoms with Gasteiger partial charge in [0.2, 0.25) is 9.84 Å². The van der Waals surface area contributed by atoms with Gasteiger partial charge in [-0.1, -0.05) is 6.07 Å². The molecule has 21 heavy (non-hydrogen) atoms. The third-order valence-corrected chi connectivity index (χ3v) is 5.99. The Labute approximate surface area is 122 Å². The van der Waals surface area contributed by atoms with E-state index in [1.165, 1.54) is 6.92 Å². The zero-order valence-electron chi connectivity index (χ0n) is 10.8. The average Bonchev–Trinajstić information content (AvgIpc) is 2.25. The normalized spacial score (nSPS) is 14.9. The molecule has 0 radical (unpaired) electrons. The van der Waals surface area contributed by atoms with Crippen LogP contribution >= 0.6 is 0 Å². The molecule has 1 unspecified atom stereocenters. The predicted molar refractivity (Wildman–Crippen MR) is 70.3 cm³/mol. The molecule has 0 saturated carbocycles. The van der Waals surface area contributed by atoms with Gasteiger partial charge in [-0.3, -0.25) is 9.11 Å². The lowest BCUT2D eigenvalue weighted by molar-refractivity contribution is 0.251. The second-order valence-electron chi connectivity index (χ2n) is 4.04. The number of aryl methyl sites for hydroxylation is 1. The van der Waals surface area contributed by atoms with Crippen molar-refractivity contribution in [3.8, 4) is 0 Å². The number of hydrogen-bond acceptors (Lipinski definition) is 7. The van der Waals surface area contributed by atoms with Crippen LogP contribution in [0.25, 0.3) is 0 Å². The van der Waals surface area contributed by atoms with Crippen molar-refractivity contribution < 1.29 is 38.5 Å². The summed E-state index contributed by atoms with van der Waals surface area (Å²) in [5, 5.41) is 0. The fraction of sp³-hybridized carbons (Fsp3) is 0.333. The molecule has 1 atom stereocenters. The first-order valence-electron chi connectivity index (χ1n) is 5.23. The van der Waals surface area contributed by atoms with E-state index in [9.17, 15) is 25.3 Å². The monoisotopic (exact) mass is 360 g/mol. The maximum Gasteiger partial charge on any atom is 0.398 e. The third-order valence-electron chi connectivity index (χ3n) is 2.46. The quantitative estimate of drug-likeness (QED) is 0.700. The molecule has 0 aliphatic heterocycles. The van der Waals surface area contributed by atoms with Gasteiger partial charge in [-0.05, 0) is 31.5 Å². The molecule has 9 nitrogen and oxygen atoms in total. The van der Waals surface area contributed by atoms with Crippen molar-refractivity contribution in [3.05, 3.63) is 23.8 Å². The molecule has 0 aliphatic carbocycles. The molecular weight excluding hydrogens is 348 g/mol. The molecule has 1 rings (SSSR count). The van der Waals surface area contributed by atoms with Gasteiger partial charge >= 0.3 is 10.4 Å². The lowest BCUT2D eigenvalue weighted by Gasteiger charge is -2.13. The van der Waals surface area contributed by atoms with Gasteiger partial charge in [0.05, 0.1) is 9.79 Å². The largest absolute Gasteiger partial charge is 0.398 e. The highest BCUT2D eigenvalue weighted by Gasteiger charge is 2.29. The van der Waals surface area contributed by atoms with E-state index in [1.54, 1.807) is 0 Å². The summed E-state index contributed by atoms with van der Waals surface area (Å²) in [5.74, 6) is 0. The van der Waals surface area contributed by atoms with E-state index in [4.69, 9.17) is 9.11 Å². The van der Waals surface area contributed by atoms with Crippen LogP contribution in [0, 0.1) is 6.92 Å². The standard InChI is InChI=1S/C9H12O9S3/c1-6-3-4-8(5-9(6)20(12,13)14)19(10,11)7(2)18-21(15,16)17/h3-5,7H,1-2H3,(H,12,13,14)(H,15,16,17). The Kier molecular flexibility index (Phi) is 4.82. The summed E-state index contributed by atoms with van der Waals surface area (Å²) in [6.07, 6.45) is 0. The second-order valence-corrected chi connectivity index (χ2v) is 8.70. The Bertz CT molecular complexity index is 850. The number of sulfone groups is 1. The second kappa shape index (κ2) is 5.62. The van der Waals surface area contributed by atoms with Crippen LogP contribution in [0.5, 0.6) is 0 Å². The highest BCUT2D eigenvalue weighted by atomic mass is 32.3. The molecule has 1 aromatic carbocycles. The van der Waals surface area contributed by atoms with Gasteiger partial charge < -0.3 is 0 Å². The highest BCUT2D eigenvalue weighted by molar-refractivity contribution is 7.92. The predicted octanol–water partition coefficient (Wildman–Crippen LogP) is 0.181. The Hall–Kier alpha value is -1.05. The topological polar surface area (TPSA) is 152 Å². The van der Waals surface area contributed by atoms with E-state index >= 15 is 0 Å². The van der Waals surface area contributed by atoms with E-state index in [0.29, 0.717) is 6.07 Å². The first-order chi connectivity index (χ1) is 9.25. The molecule has 120 valence electrons. The van der Waals surface area contributed by atoms with Crippen LogP contribution in [0.4, 0.5) is 0 Å². The maximum absolute atomic E-state index is 12.0. The molecule has 0 fully saturated rings. The number of rotatable bonds is 5. The summed E-state index contributed by atoms with van der Waals surface area (Å²) < 4.78 is 88.8. The minimum absolute atomic E-state index is 0.0970. The van der Waals surface area contributed by atoms with Gasteiger partial charge in [-0.2, -0.15) is 16.8 Å². The molecule has 0 saturated heterocycles. The van der Waals surface area contributed by atoms with Crippen molar-refractivity contribution >= 4 is 30.4 Å². The van der Waals surface area contributed by atoms with Crippen LogP contribution in [0.1, 0.15) is 12.5 Å². The van der Waals surface area contributed by atoms with Gasteiger partial charge in [-0.15, -0.1) is 0 Å². The van der Waals surface area contributed by atoms with Crippen molar-refractivity contribution in [1.82, 2.24) is 0 Å². The Morgan fingerprint density at radius 1 is 1.05 bits per heavy atom. The lowest BCUT2D eigenvalue weighted by atomic mass is 10.2. The molecule has 0 spiro atoms. The van der Waals surface area contributed by atoms with Crippen molar-refractivity contribution in [2.24, 2.45) is 0 Å². The molecule has 1 aromatic rings. The van der Waals surface area contributed by atoms with Gasteiger partial charge in [-0.25, -0.2) is 12.6 Å². The highest BCUT2D eigenvalue weighted by Crippen LogP contribution is 2.23. The van der Waals surface area contributed by atoms with E-state index < -0.39 is 45.6 Å². The van der Waals surface area contributed by atoms with Crippen LogP contribution < -0.4 is 0 Å². The summed E-state index contributed by atoms with van der Waals surface area (Å²) in [6.45, 7) is 2.17. The Morgan fingerprint density at radius 3 is 2.00 bits per heavy atom. The Balaban J connectivity index is 3.41. The van der Waals surface area contributed by atoms with Crippen molar-refractivity contribution in [2.45, 2.75) is 29.1 Å². The first-order valence-corrected chi connectivity index (χ1v) is 9.58. The van der Waals surface area contributed by atoms with Gasteiger partial charge in [0, 0.05) is 0 Å².